The Morgan fingerprint density at radius 1 is 1.30 bits per heavy atom. The van der Waals surface area contributed by atoms with Gasteiger partial charge in [-0.1, -0.05) is 23.7 Å². The van der Waals surface area contributed by atoms with Crippen LogP contribution in [-0.2, 0) is 4.79 Å². The van der Waals surface area contributed by atoms with E-state index in [1.165, 1.54) is 5.56 Å². The van der Waals surface area contributed by atoms with Gasteiger partial charge in [0, 0.05) is 24.2 Å². The van der Waals surface area contributed by atoms with E-state index >= 15 is 0 Å². The van der Waals surface area contributed by atoms with Crippen molar-refractivity contribution in [3.8, 4) is 0 Å². The Bertz CT molecular complexity index is 479. The van der Waals surface area contributed by atoms with Crippen molar-refractivity contribution < 1.29 is 4.79 Å². The lowest BCUT2D eigenvalue weighted by molar-refractivity contribution is -0.129. The van der Waals surface area contributed by atoms with Crippen molar-refractivity contribution in [2.45, 2.75) is 37.6 Å². The van der Waals surface area contributed by atoms with Crippen molar-refractivity contribution in [2.75, 3.05) is 19.6 Å². The maximum Gasteiger partial charge on any atom is 0.236 e. The van der Waals surface area contributed by atoms with Crippen LogP contribution in [0.25, 0.3) is 0 Å². The molecule has 3 nitrogen and oxygen atoms in total. The molecule has 4 heteroatoms. The first-order chi connectivity index (χ1) is 9.72. The normalized spacial score (nSPS) is 25.6. The van der Waals surface area contributed by atoms with Crippen LogP contribution in [0, 0.1) is 0 Å². The lowest BCUT2D eigenvalue weighted by Gasteiger charge is -2.36. The third-order valence-corrected chi connectivity index (χ3v) is 4.69. The number of benzene rings is 1. The molecule has 1 amide bonds. The lowest BCUT2D eigenvalue weighted by Crippen LogP contribution is -2.45. The van der Waals surface area contributed by atoms with Crippen LogP contribution < -0.4 is 5.32 Å². The Morgan fingerprint density at radius 2 is 2.05 bits per heavy atom. The predicted octanol–water partition coefficient (Wildman–Crippen LogP) is 2.80. The van der Waals surface area contributed by atoms with Gasteiger partial charge in [0.2, 0.25) is 5.91 Å². The number of hydrogen-bond donors (Lipinski definition) is 1. The van der Waals surface area contributed by atoms with E-state index in [1.807, 2.05) is 17.0 Å². The van der Waals surface area contributed by atoms with Crippen molar-refractivity contribution in [1.29, 1.82) is 0 Å². The van der Waals surface area contributed by atoms with Gasteiger partial charge in [0.05, 0.1) is 6.54 Å². The minimum Gasteiger partial charge on any atom is -0.342 e. The van der Waals surface area contributed by atoms with E-state index in [4.69, 9.17) is 11.6 Å². The van der Waals surface area contributed by atoms with Crippen LogP contribution >= 0.6 is 11.6 Å². The summed E-state index contributed by atoms with van der Waals surface area (Å²) in [6.07, 6.45) is 4.53. The van der Waals surface area contributed by atoms with Gasteiger partial charge in [0.25, 0.3) is 0 Å². The van der Waals surface area contributed by atoms with Crippen LogP contribution in [0.1, 0.15) is 37.2 Å². The summed E-state index contributed by atoms with van der Waals surface area (Å²) in [6, 6.07) is 8.59. The maximum absolute atomic E-state index is 11.9. The minimum absolute atomic E-state index is 0.258. The molecule has 1 aliphatic carbocycles. The highest BCUT2D eigenvalue weighted by atomic mass is 35.5. The van der Waals surface area contributed by atoms with Crippen molar-refractivity contribution in [3.63, 3.8) is 0 Å². The van der Waals surface area contributed by atoms with Crippen molar-refractivity contribution in [2.24, 2.45) is 0 Å². The summed E-state index contributed by atoms with van der Waals surface area (Å²) >= 11 is 6.02. The van der Waals surface area contributed by atoms with E-state index in [0.717, 1.165) is 43.8 Å². The van der Waals surface area contributed by atoms with Gasteiger partial charge in [-0.3, -0.25) is 4.79 Å². The number of amides is 1. The van der Waals surface area contributed by atoms with Crippen LogP contribution in [0.15, 0.2) is 24.3 Å². The molecule has 108 valence electrons. The van der Waals surface area contributed by atoms with Crippen LogP contribution in [0.4, 0.5) is 0 Å². The van der Waals surface area contributed by atoms with Gasteiger partial charge in [0.1, 0.15) is 0 Å². The Morgan fingerprint density at radius 3 is 2.75 bits per heavy atom. The Balaban J connectivity index is 1.41. The van der Waals surface area contributed by atoms with Gasteiger partial charge in [-0.15, -0.1) is 0 Å². The number of rotatable bonds is 4. The van der Waals surface area contributed by atoms with Gasteiger partial charge in [0.15, 0.2) is 0 Å². The highest BCUT2D eigenvalue weighted by Crippen LogP contribution is 2.37. The van der Waals surface area contributed by atoms with Crippen LogP contribution in [0.3, 0.4) is 0 Å². The molecular weight excluding hydrogens is 272 g/mol. The molecular formula is C16H21ClN2O. The second-order valence-corrected chi connectivity index (χ2v) is 6.33. The smallest absolute Gasteiger partial charge is 0.236 e. The number of hydrogen-bond acceptors (Lipinski definition) is 2. The minimum atomic E-state index is 0.258. The SMILES string of the molecule is O=C(CNC1CC(c2cccc(Cl)c2)C1)N1CCCC1. The van der Waals surface area contributed by atoms with E-state index in [0.29, 0.717) is 18.5 Å². The van der Waals surface area contributed by atoms with Gasteiger partial charge in [-0.05, 0) is 49.3 Å². The van der Waals surface area contributed by atoms with E-state index < -0.39 is 0 Å². The number of carbonyl (C=O) groups is 1. The van der Waals surface area contributed by atoms with Crippen LogP contribution in [-0.4, -0.2) is 36.5 Å². The van der Waals surface area contributed by atoms with Crippen molar-refractivity contribution in [1.82, 2.24) is 10.2 Å². The summed E-state index contributed by atoms with van der Waals surface area (Å²) in [4.78, 5) is 13.9. The zero-order valence-corrected chi connectivity index (χ0v) is 12.4. The predicted molar refractivity (Wildman–Crippen MR) is 81.0 cm³/mol. The first-order valence-electron chi connectivity index (χ1n) is 7.49. The summed E-state index contributed by atoms with van der Waals surface area (Å²) in [6.45, 7) is 2.37. The summed E-state index contributed by atoms with van der Waals surface area (Å²) < 4.78 is 0. The first-order valence-corrected chi connectivity index (χ1v) is 7.87. The molecule has 0 atom stereocenters. The fraction of sp³-hybridized carbons (Fsp3) is 0.562. The quantitative estimate of drug-likeness (QED) is 0.925. The summed E-state index contributed by atoms with van der Waals surface area (Å²) in [5, 5.41) is 4.19. The molecule has 2 aliphatic rings. The largest absolute Gasteiger partial charge is 0.342 e. The van der Waals surface area contributed by atoms with Crippen molar-refractivity contribution >= 4 is 17.5 Å². The van der Waals surface area contributed by atoms with E-state index in [2.05, 4.69) is 17.4 Å². The maximum atomic E-state index is 11.9. The van der Waals surface area contributed by atoms with Gasteiger partial charge in [-0.25, -0.2) is 0 Å². The van der Waals surface area contributed by atoms with Gasteiger partial charge >= 0.3 is 0 Å². The molecule has 1 saturated carbocycles. The standard InChI is InChI=1S/C16H21ClN2O/c17-14-5-3-4-12(8-14)13-9-15(10-13)18-11-16(20)19-6-1-2-7-19/h3-5,8,13,15,18H,1-2,6-7,9-11H2. The monoisotopic (exact) mass is 292 g/mol. The second-order valence-electron chi connectivity index (χ2n) is 5.89. The summed E-state index contributed by atoms with van der Waals surface area (Å²) in [5.41, 5.74) is 1.32. The Labute approximate surface area is 125 Å². The third kappa shape index (κ3) is 3.15. The molecule has 0 aromatic heterocycles. The average Bonchev–Trinajstić information content (AvgIpc) is 2.90. The molecule has 3 rings (SSSR count). The highest BCUT2D eigenvalue weighted by molar-refractivity contribution is 6.30. The van der Waals surface area contributed by atoms with E-state index in [-0.39, 0.29) is 5.91 Å². The molecule has 1 saturated heterocycles. The molecule has 2 fully saturated rings. The Hall–Kier alpha value is -1.06. The summed E-state index contributed by atoms with van der Waals surface area (Å²) in [5.74, 6) is 0.849. The summed E-state index contributed by atoms with van der Waals surface area (Å²) in [7, 11) is 0. The number of halogens is 1. The lowest BCUT2D eigenvalue weighted by atomic mass is 9.76. The van der Waals surface area contributed by atoms with Gasteiger partial charge < -0.3 is 10.2 Å². The zero-order valence-electron chi connectivity index (χ0n) is 11.6. The van der Waals surface area contributed by atoms with Crippen LogP contribution in [0.5, 0.6) is 0 Å². The molecule has 20 heavy (non-hydrogen) atoms. The highest BCUT2D eigenvalue weighted by Gasteiger charge is 2.30. The van der Waals surface area contributed by atoms with Gasteiger partial charge in [-0.2, -0.15) is 0 Å². The fourth-order valence-corrected chi connectivity index (χ4v) is 3.33. The molecule has 1 aliphatic heterocycles. The average molecular weight is 293 g/mol. The molecule has 0 radical (unpaired) electrons. The molecule has 1 heterocycles. The number of carbonyl (C=O) groups excluding carboxylic acids is 1. The topological polar surface area (TPSA) is 32.3 Å². The molecule has 1 aromatic carbocycles. The molecule has 1 aromatic rings. The number of nitrogens with zero attached hydrogens (tertiary/aromatic N) is 1. The second kappa shape index (κ2) is 6.15. The zero-order chi connectivity index (χ0) is 13.9. The Kier molecular flexibility index (Phi) is 4.27. The number of nitrogens with one attached hydrogen (secondary N) is 1. The fourth-order valence-electron chi connectivity index (χ4n) is 3.13. The first kappa shape index (κ1) is 13.9. The molecule has 0 bridgehead atoms. The van der Waals surface area contributed by atoms with E-state index in [9.17, 15) is 4.79 Å². The molecule has 1 N–H and O–H groups in total. The third-order valence-electron chi connectivity index (χ3n) is 4.46. The molecule has 0 spiro atoms. The molecule has 0 unspecified atom stereocenters. The van der Waals surface area contributed by atoms with Crippen LogP contribution in [0.2, 0.25) is 5.02 Å². The van der Waals surface area contributed by atoms with E-state index in [1.54, 1.807) is 0 Å². The van der Waals surface area contributed by atoms with Crippen molar-refractivity contribution in [3.05, 3.63) is 34.9 Å². The number of likely N-dealkylation sites (tertiary alicyclic amines) is 1.